The van der Waals surface area contributed by atoms with Crippen molar-refractivity contribution >= 4 is 23.5 Å². The Balaban J connectivity index is 1.36. The highest BCUT2D eigenvalue weighted by Crippen LogP contribution is 2.25. The van der Waals surface area contributed by atoms with Crippen LogP contribution in [0.4, 0.5) is 5.69 Å². The maximum Gasteiger partial charge on any atom is 0.306 e. The van der Waals surface area contributed by atoms with Gasteiger partial charge in [-0.1, -0.05) is 48.5 Å². The van der Waals surface area contributed by atoms with Crippen LogP contribution in [0.3, 0.4) is 0 Å². The van der Waals surface area contributed by atoms with Gasteiger partial charge in [-0.3, -0.25) is 14.4 Å². The zero-order valence-electron chi connectivity index (χ0n) is 19.2. The summed E-state index contributed by atoms with van der Waals surface area (Å²) in [4.78, 5) is 36.0. The molecule has 0 saturated carbocycles. The van der Waals surface area contributed by atoms with Crippen LogP contribution in [0.25, 0.3) is 0 Å². The molecule has 0 fully saturated rings. The lowest BCUT2D eigenvalue weighted by atomic mass is 10.1. The van der Waals surface area contributed by atoms with Crippen molar-refractivity contribution in [3.63, 3.8) is 0 Å². The highest BCUT2D eigenvalue weighted by molar-refractivity contribution is 5.92. The van der Waals surface area contributed by atoms with Gasteiger partial charge in [0.1, 0.15) is 11.5 Å². The van der Waals surface area contributed by atoms with E-state index < -0.39 is 11.9 Å². The van der Waals surface area contributed by atoms with E-state index in [1.54, 1.807) is 24.3 Å². The van der Waals surface area contributed by atoms with Gasteiger partial charge in [-0.15, -0.1) is 0 Å². The predicted molar refractivity (Wildman–Crippen MR) is 130 cm³/mol. The summed E-state index contributed by atoms with van der Waals surface area (Å²) in [5.41, 5.74) is 2.56. The van der Waals surface area contributed by atoms with E-state index in [2.05, 4.69) is 10.6 Å². The van der Waals surface area contributed by atoms with E-state index in [0.29, 0.717) is 11.4 Å². The minimum Gasteiger partial charge on any atom is -0.457 e. The SMILES string of the molecule is Cc1ccccc1Oc1ccc(NC(=O)CCC(=O)OCC(=O)N[C@@H](C)c2ccccc2)cc1. The molecule has 0 aromatic heterocycles. The van der Waals surface area contributed by atoms with Crippen molar-refractivity contribution in [3.8, 4) is 11.5 Å². The molecule has 3 rings (SSSR count). The van der Waals surface area contributed by atoms with Crippen molar-refractivity contribution in [3.05, 3.63) is 90.0 Å². The lowest BCUT2D eigenvalue weighted by Gasteiger charge is -2.14. The Morgan fingerprint density at radius 2 is 1.50 bits per heavy atom. The third-order valence-corrected chi connectivity index (χ3v) is 5.06. The maximum absolute atomic E-state index is 12.1. The molecule has 7 heteroatoms. The standard InChI is InChI=1S/C27H28N2O5/c1-19-8-6-7-11-24(19)34-23-14-12-22(13-15-23)29-25(30)16-17-27(32)33-18-26(31)28-20(2)21-9-4-3-5-10-21/h3-15,20H,16-18H2,1-2H3,(H,28,31)(H,29,30)/t20-/m0/s1. The summed E-state index contributed by atoms with van der Waals surface area (Å²) in [6.07, 6.45) is -0.176. The number of ether oxygens (including phenoxy) is 2. The van der Waals surface area contributed by atoms with Gasteiger partial charge in [-0.05, 0) is 55.3 Å². The average molecular weight is 461 g/mol. The Labute approximate surface area is 199 Å². The van der Waals surface area contributed by atoms with Gasteiger partial charge in [0.15, 0.2) is 6.61 Å². The topological polar surface area (TPSA) is 93.7 Å². The smallest absolute Gasteiger partial charge is 0.306 e. The van der Waals surface area contributed by atoms with E-state index in [9.17, 15) is 14.4 Å². The van der Waals surface area contributed by atoms with Crippen molar-refractivity contribution in [1.82, 2.24) is 5.32 Å². The van der Waals surface area contributed by atoms with Crippen LogP contribution in [0, 0.1) is 6.92 Å². The summed E-state index contributed by atoms with van der Waals surface area (Å²) in [5, 5.41) is 5.49. The monoisotopic (exact) mass is 460 g/mol. The number of amides is 2. The predicted octanol–water partition coefficient (Wildman–Crippen LogP) is 4.93. The molecule has 176 valence electrons. The first-order chi connectivity index (χ1) is 16.4. The quantitative estimate of drug-likeness (QED) is 0.419. The largest absolute Gasteiger partial charge is 0.457 e. The third kappa shape index (κ3) is 7.78. The number of rotatable bonds is 10. The molecule has 0 bridgehead atoms. The molecule has 0 aliphatic rings. The van der Waals surface area contributed by atoms with Crippen LogP contribution in [-0.2, 0) is 19.1 Å². The van der Waals surface area contributed by atoms with Gasteiger partial charge in [-0.25, -0.2) is 0 Å². The molecule has 0 aliphatic heterocycles. The molecule has 3 aromatic carbocycles. The molecule has 1 atom stereocenters. The van der Waals surface area contributed by atoms with Crippen LogP contribution in [0.5, 0.6) is 11.5 Å². The van der Waals surface area contributed by atoms with Gasteiger partial charge < -0.3 is 20.1 Å². The zero-order valence-corrected chi connectivity index (χ0v) is 19.2. The number of carbonyl (C=O) groups excluding carboxylic acids is 3. The van der Waals surface area contributed by atoms with Crippen molar-refractivity contribution in [2.45, 2.75) is 32.7 Å². The number of aryl methyl sites for hydroxylation is 1. The number of para-hydroxylation sites is 1. The van der Waals surface area contributed by atoms with Crippen LogP contribution in [0.15, 0.2) is 78.9 Å². The fourth-order valence-electron chi connectivity index (χ4n) is 3.17. The second kappa shape index (κ2) is 12.2. The summed E-state index contributed by atoms with van der Waals surface area (Å²) in [6.45, 7) is 3.42. The van der Waals surface area contributed by atoms with Crippen molar-refractivity contribution in [2.24, 2.45) is 0 Å². The lowest BCUT2D eigenvalue weighted by Crippen LogP contribution is -2.31. The summed E-state index contributed by atoms with van der Waals surface area (Å²) >= 11 is 0. The number of nitrogens with one attached hydrogen (secondary N) is 2. The first kappa shape index (κ1) is 24.5. The molecule has 34 heavy (non-hydrogen) atoms. The van der Waals surface area contributed by atoms with Crippen molar-refractivity contribution in [2.75, 3.05) is 11.9 Å². The molecule has 0 saturated heterocycles. The number of hydrogen-bond acceptors (Lipinski definition) is 5. The van der Waals surface area contributed by atoms with E-state index in [1.165, 1.54) is 0 Å². The van der Waals surface area contributed by atoms with Gasteiger partial charge in [0, 0.05) is 12.1 Å². The molecule has 0 heterocycles. The van der Waals surface area contributed by atoms with Crippen LogP contribution in [0.2, 0.25) is 0 Å². The molecule has 0 spiro atoms. The Morgan fingerprint density at radius 1 is 0.824 bits per heavy atom. The number of esters is 1. The molecule has 0 unspecified atom stereocenters. The summed E-state index contributed by atoms with van der Waals surface area (Å²) in [5.74, 6) is 0.0743. The van der Waals surface area contributed by atoms with E-state index in [1.807, 2.05) is 68.4 Å². The number of hydrogen-bond donors (Lipinski definition) is 2. The normalized spacial score (nSPS) is 11.2. The van der Waals surface area contributed by atoms with E-state index in [4.69, 9.17) is 9.47 Å². The van der Waals surface area contributed by atoms with E-state index in [-0.39, 0.29) is 31.4 Å². The fourth-order valence-corrected chi connectivity index (χ4v) is 3.17. The summed E-state index contributed by atoms with van der Waals surface area (Å²) in [7, 11) is 0. The van der Waals surface area contributed by atoms with Crippen LogP contribution >= 0.6 is 0 Å². The van der Waals surface area contributed by atoms with Gasteiger partial charge >= 0.3 is 5.97 Å². The summed E-state index contributed by atoms with van der Waals surface area (Å²) in [6, 6.07) is 23.9. The second-order valence-corrected chi connectivity index (χ2v) is 7.80. The first-order valence-corrected chi connectivity index (χ1v) is 11.0. The lowest BCUT2D eigenvalue weighted by molar-refractivity contribution is -0.149. The molecular formula is C27H28N2O5. The number of benzene rings is 3. The summed E-state index contributed by atoms with van der Waals surface area (Å²) < 4.78 is 10.8. The Kier molecular flexibility index (Phi) is 8.80. The molecule has 0 radical (unpaired) electrons. The second-order valence-electron chi connectivity index (χ2n) is 7.80. The Morgan fingerprint density at radius 3 is 2.21 bits per heavy atom. The first-order valence-electron chi connectivity index (χ1n) is 11.0. The molecule has 0 aliphatic carbocycles. The maximum atomic E-state index is 12.1. The highest BCUT2D eigenvalue weighted by atomic mass is 16.5. The van der Waals surface area contributed by atoms with Gasteiger partial charge in [0.25, 0.3) is 5.91 Å². The number of anilines is 1. The number of carbonyl (C=O) groups is 3. The van der Waals surface area contributed by atoms with E-state index in [0.717, 1.165) is 16.9 Å². The Hall–Kier alpha value is -4.13. The van der Waals surface area contributed by atoms with Crippen LogP contribution < -0.4 is 15.4 Å². The molecular weight excluding hydrogens is 432 g/mol. The fraction of sp³-hybridized carbons (Fsp3) is 0.222. The average Bonchev–Trinajstić information content (AvgIpc) is 2.84. The van der Waals surface area contributed by atoms with Crippen LogP contribution in [0.1, 0.15) is 36.9 Å². The molecule has 3 aromatic rings. The minimum absolute atomic E-state index is 0.0532. The Bertz CT molecular complexity index is 1110. The molecule has 2 N–H and O–H groups in total. The van der Waals surface area contributed by atoms with Gasteiger partial charge in [0.2, 0.25) is 5.91 Å². The zero-order chi connectivity index (χ0) is 24.3. The molecule has 2 amide bonds. The minimum atomic E-state index is -0.611. The van der Waals surface area contributed by atoms with E-state index >= 15 is 0 Å². The van der Waals surface area contributed by atoms with Crippen LogP contribution in [-0.4, -0.2) is 24.4 Å². The van der Waals surface area contributed by atoms with Gasteiger partial charge in [-0.2, -0.15) is 0 Å². The highest BCUT2D eigenvalue weighted by Gasteiger charge is 2.13. The molecule has 7 nitrogen and oxygen atoms in total. The van der Waals surface area contributed by atoms with Crippen molar-refractivity contribution < 1.29 is 23.9 Å². The third-order valence-electron chi connectivity index (χ3n) is 5.06. The van der Waals surface area contributed by atoms with Gasteiger partial charge in [0.05, 0.1) is 12.5 Å². The van der Waals surface area contributed by atoms with Crippen molar-refractivity contribution in [1.29, 1.82) is 0 Å².